The maximum absolute atomic E-state index is 12.6. The molecule has 0 atom stereocenters. The van der Waals surface area contributed by atoms with Crippen LogP contribution in [0.15, 0.2) is 42.6 Å². The minimum Gasteiger partial charge on any atom is -0.339 e. The zero-order valence-electron chi connectivity index (χ0n) is 15.2. The molecule has 0 aliphatic carbocycles. The van der Waals surface area contributed by atoms with Gasteiger partial charge in [-0.2, -0.15) is 0 Å². The van der Waals surface area contributed by atoms with Gasteiger partial charge in [0.05, 0.1) is 0 Å². The van der Waals surface area contributed by atoms with Gasteiger partial charge >= 0.3 is 0 Å². The quantitative estimate of drug-likeness (QED) is 0.867. The predicted molar refractivity (Wildman–Crippen MR) is 100.0 cm³/mol. The van der Waals surface area contributed by atoms with E-state index < -0.39 is 0 Å². The van der Waals surface area contributed by atoms with Gasteiger partial charge in [-0.3, -0.25) is 14.6 Å². The number of nitrogens with one attached hydrogen (secondary N) is 1. The summed E-state index contributed by atoms with van der Waals surface area (Å²) in [6.07, 6.45) is 1.50. The Kier molecular flexibility index (Phi) is 6.28. The molecule has 0 radical (unpaired) electrons. The van der Waals surface area contributed by atoms with Gasteiger partial charge in [-0.1, -0.05) is 32.0 Å². The average molecular weight is 339 g/mol. The minimum atomic E-state index is -0.317. The van der Waals surface area contributed by atoms with Crippen molar-refractivity contribution in [1.82, 2.24) is 9.88 Å². The van der Waals surface area contributed by atoms with E-state index in [0.717, 1.165) is 11.3 Å². The molecule has 5 nitrogen and oxygen atoms in total. The molecule has 0 saturated carbocycles. The van der Waals surface area contributed by atoms with Crippen LogP contribution >= 0.6 is 0 Å². The maximum Gasteiger partial charge on any atom is 0.274 e. The van der Waals surface area contributed by atoms with E-state index in [4.69, 9.17) is 0 Å². The van der Waals surface area contributed by atoms with Gasteiger partial charge in [-0.15, -0.1) is 0 Å². The number of hydrogen-bond donors (Lipinski definition) is 1. The average Bonchev–Trinajstić information content (AvgIpc) is 2.63. The van der Waals surface area contributed by atoms with Crippen molar-refractivity contribution < 1.29 is 9.59 Å². The SMILES string of the molecule is CCN(CC)C(=O)c1ccnc(C(=O)Nc2ccccc2C(C)C)c1. The molecule has 0 aliphatic heterocycles. The molecule has 132 valence electrons. The zero-order chi connectivity index (χ0) is 18.4. The first-order valence-electron chi connectivity index (χ1n) is 8.63. The fraction of sp³-hybridized carbons (Fsp3) is 0.350. The van der Waals surface area contributed by atoms with Crippen LogP contribution in [0.25, 0.3) is 0 Å². The predicted octanol–water partition coefficient (Wildman–Crippen LogP) is 3.94. The summed E-state index contributed by atoms with van der Waals surface area (Å²) >= 11 is 0. The summed E-state index contributed by atoms with van der Waals surface area (Å²) in [5.74, 6) is -0.119. The van der Waals surface area contributed by atoms with Crippen LogP contribution in [-0.4, -0.2) is 34.8 Å². The molecule has 0 unspecified atom stereocenters. The molecule has 0 bridgehead atoms. The highest BCUT2D eigenvalue weighted by atomic mass is 16.2. The van der Waals surface area contributed by atoms with E-state index in [1.165, 1.54) is 6.20 Å². The number of benzene rings is 1. The molecule has 0 fully saturated rings. The summed E-state index contributed by atoms with van der Waals surface area (Å²) in [5.41, 5.74) is 2.54. The van der Waals surface area contributed by atoms with Crippen molar-refractivity contribution in [3.05, 3.63) is 59.4 Å². The molecular formula is C20H25N3O2. The highest BCUT2D eigenvalue weighted by molar-refractivity contribution is 6.05. The molecule has 0 saturated heterocycles. The van der Waals surface area contributed by atoms with Crippen LogP contribution in [0.1, 0.15) is 60.0 Å². The van der Waals surface area contributed by atoms with Crippen molar-refractivity contribution in [2.75, 3.05) is 18.4 Å². The molecule has 5 heteroatoms. The second-order valence-electron chi connectivity index (χ2n) is 6.10. The normalized spacial score (nSPS) is 10.6. The smallest absolute Gasteiger partial charge is 0.274 e. The largest absolute Gasteiger partial charge is 0.339 e. The Bertz CT molecular complexity index is 752. The van der Waals surface area contributed by atoms with Gasteiger partial charge in [0.2, 0.25) is 0 Å². The van der Waals surface area contributed by atoms with Crippen molar-refractivity contribution in [2.45, 2.75) is 33.6 Å². The summed E-state index contributed by atoms with van der Waals surface area (Å²) in [7, 11) is 0. The van der Waals surface area contributed by atoms with Crippen molar-refractivity contribution in [3.63, 3.8) is 0 Å². The molecule has 1 heterocycles. The molecule has 1 N–H and O–H groups in total. The molecule has 1 aromatic heterocycles. The third kappa shape index (κ3) is 4.44. The van der Waals surface area contributed by atoms with E-state index in [0.29, 0.717) is 24.6 Å². The Labute approximate surface area is 149 Å². The summed E-state index contributed by atoms with van der Waals surface area (Å²) in [5, 5.41) is 2.91. The topological polar surface area (TPSA) is 62.3 Å². The fourth-order valence-corrected chi connectivity index (χ4v) is 2.68. The lowest BCUT2D eigenvalue weighted by molar-refractivity contribution is 0.0773. The summed E-state index contributed by atoms with van der Waals surface area (Å²) in [6.45, 7) is 9.26. The maximum atomic E-state index is 12.6. The van der Waals surface area contributed by atoms with Gasteiger partial charge in [0.15, 0.2) is 0 Å². The number of carbonyl (C=O) groups is 2. The van der Waals surface area contributed by atoms with E-state index in [1.807, 2.05) is 38.1 Å². The summed E-state index contributed by atoms with van der Waals surface area (Å²) in [4.78, 5) is 30.9. The number of pyridine rings is 1. The molecule has 2 aromatic rings. The second-order valence-corrected chi connectivity index (χ2v) is 6.10. The Morgan fingerprint density at radius 1 is 1.12 bits per heavy atom. The molecule has 25 heavy (non-hydrogen) atoms. The number of anilines is 1. The van der Waals surface area contributed by atoms with Crippen molar-refractivity contribution in [2.24, 2.45) is 0 Å². The number of hydrogen-bond acceptors (Lipinski definition) is 3. The first-order valence-corrected chi connectivity index (χ1v) is 8.63. The number of nitrogens with zero attached hydrogens (tertiary/aromatic N) is 2. The van der Waals surface area contributed by atoms with Crippen LogP contribution in [0.5, 0.6) is 0 Å². The highest BCUT2D eigenvalue weighted by Gasteiger charge is 2.16. The van der Waals surface area contributed by atoms with E-state index in [-0.39, 0.29) is 17.5 Å². The molecule has 1 aromatic carbocycles. The fourth-order valence-electron chi connectivity index (χ4n) is 2.68. The van der Waals surface area contributed by atoms with Crippen molar-refractivity contribution >= 4 is 17.5 Å². The number of aromatic nitrogens is 1. The Hall–Kier alpha value is -2.69. The zero-order valence-corrected chi connectivity index (χ0v) is 15.2. The number of amides is 2. The number of para-hydroxylation sites is 1. The van der Waals surface area contributed by atoms with Crippen LogP contribution < -0.4 is 5.32 Å². The molecule has 0 spiro atoms. The van der Waals surface area contributed by atoms with Gasteiger partial charge in [-0.05, 0) is 43.5 Å². The van der Waals surface area contributed by atoms with Gasteiger partial charge < -0.3 is 10.2 Å². The van der Waals surface area contributed by atoms with Crippen molar-refractivity contribution in [1.29, 1.82) is 0 Å². The van der Waals surface area contributed by atoms with Crippen LogP contribution in [0.2, 0.25) is 0 Å². The minimum absolute atomic E-state index is 0.0935. The lowest BCUT2D eigenvalue weighted by Gasteiger charge is -2.18. The Morgan fingerprint density at radius 3 is 2.44 bits per heavy atom. The third-order valence-corrected chi connectivity index (χ3v) is 4.12. The highest BCUT2D eigenvalue weighted by Crippen LogP contribution is 2.24. The molecule has 2 rings (SSSR count). The summed E-state index contributed by atoms with van der Waals surface area (Å²) < 4.78 is 0. The third-order valence-electron chi connectivity index (χ3n) is 4.12. The van der Waals surface area contributed by atoms with E-state index >= 15 is 0 Å². The monoisotopic (exact) mass is 339 g/mol. The van der Waals surface area contributed by atoms with Gasteiger partial charge in [0.25, 0.3) is 11.8 Å². The number of rotatable bonds is 6. The lowest BCUT2D eigenvalue weighted by atomic mass is 10.0. The van der Waals surface area contributed by atoms with Crippen molar-refractivity contribution in [3.8, 4) is 0 Å². The Morgan fingerprint density at radius 2 is 1.80 bits per heavy atom. The van der Waals surface area contributed by atoms with Crippen LogP contribution in [0.4, 0.5) is 5.69 Å². The van der Waals surface area contributed by atoms with Crippen LogP contribution in [0.3, 0.4) is 0 Å². The van der Waals surface area contributed by atoms with E-state index in [2.05, 4.69) is 24.1 Å². The number of carbonyl (C=O) groups excluding carboxylic acids is 2. The standard InChI is InChI=1S/C20H25N3O2/c1-5-23(6-2)20(25)15-11-12-21-18(13-15)19(24)22-17-10-8-7-9-16(17)14(3)4/h7-14H,5-6H2,1-4H3,(H,22,24). The second kappa shape index (κ2) is 8.42. The van der Waals surface area contributed by atoms with Crippen LogP contribution in [-0.2, 0) is 0 Å². The van der Waals surface area contributed by atoms with Gasteiger partial charge in [0, 0.05) is 30.5 Å². The van der Waals surface area contributed by atoms with E-state index in [9.17, 15) is 9.59 Å². The molecule has 2 amide bonds. The summed E-state index contributed by atoms with van der Waals surface area (Å²) in [6, 6.07) is 10.9. The Balaban J connectivity index is 2.24. The van der Waals surface area contributed by atoms with Gasteiger partial charge in [-0.25, -0.2) is 0 Å². The van der Waals surface area contributed by atoms with E-state index in [1.54, 1.807) is 17.0 Å². The molecular weight excluding hydrogens is 314 g/mol. The lowest BCUT2D eigenvalue weighted by Crippen LogP contribution is -2.30. The first kappa shape index (κ1) is 18.6. The first-order chi connectivity index (χ1) is 12.0. The van der Waals surface area contributed by atoms with Crippen LogP contribution in [0, 0.1) is 0 Å². The molecule has 0 aliphatic rings. The van der Waals surface area contributed by atoms with Gasteiger partial charge in [0.1, 0.15) is 5.69 Å².